The molecule has 4 heteroatoms. The highest BCUT2D eigenvalue weighted by Crippen LogP contribution is 2.57. The number of thioether (sulfide) groups is 1. The maximum Gasteiger partial charge on any atom is 0.245 e. The van der Waals surface area contributed by atoms with Gasteiger partial charge in [-0.25, -0.2) is 0 Å². The van der Waals surface area contributed by atoms with Crippen LogP contribution in [0.3, 0.4) is 0 Å². The van der Waals surface area contributed by atoms with Gasteiger partial charge in [0.15, 0.2) is 0 Å². The fourth-order valence-corrected chi connectivity index (χ4v) is 5.35. The number of nitrogens with zero attached hydrogens (tertiary/aromatic N) is 2. The molecular weight excluding hydrogens is 340 g/mol. The lowest BCUT2D eigenvalue weighted by molar-refractivity contribution is -0.117. The molecule has 0 aliphatic carbocycles. The summed E-state index contributed by atoms with van der Waals surface area (Å²) in [5, 5.41) is -0.230. The summed E-state index contributed by atoms with van der Waals surface area (Å²) in [6.07, 6.45) is 2.90. The Morgan fingerprint density at radius 1 is 1.04 bits per heavy atom. The van der Waals surface area contributed by atoms with E-state index in [4.69, 9.17) is 4.98 Å². The van der Waals surface area contributed by atoms with Gasteiger partial charge in [-0.15, -0.1) is 11.8 Å². The number of aryl methyl sites for hydroxylation is 1. The van der Waals surface area contributed by atoms with E-state index in [9.17, 15) is 4.79 Å². The number of para-hydroxylation sites is 1. The Labute approximate surface area is 157 Å². The van der Waals surface area contributed by atoms with Crippen molar-refractivity contribution in [2.75, 3.05) is 4.90 Å². The summed E-state index contributed by atoms with van der Waals surface area (Å²) in [6.45, 7) is 2.14. The normalized spacial score (nSPS) is 20.5. The monoisotopic (exact) mass is 358 g/mol. The molecule has 128 valence electrons. The number of carbonyl (C=O) groups is 1. The summed E-state index contributed by atoms with van der Waals surface area (Å²) in [6, 6.07) is 20.4. The Bertz CT molecular complexity index is 1000. The van der Waals surface area contributed by atoms with Crippen molar-refractivity contribution in [2.45, 2.75) is 24.0 Å². The molecule has 2 bridgehead atoms. The number of carbonyl (C=O) groups excluding carboxylic acids is 1. The van der Waals surface area contributed by atoms with Gasteiger partial charge in [-0.3, -0.25) is 14.7 Å². The number of amides is 1. The molecule has 1 saturated heterocycles. The maximum atomic E-state index is 13.4. The van der Waals surface area contributed by atoms with Gasteiger partial charge in [0.2, 0.25) is 5.91 Å². The van der Waals surface area contributed by atoms with E-state index >= 15 is 0 Å². The van der Waals surface area contributed by atoms with E-state index in [0.29, 0.717) is 0 Å². The molecule has 2 atom stereocenters. The molecule has 1 fully saturated rings. The summed E-state index contributed by atoms with van der Waals surface area (Å²) in [5.74, 6) is 0.159. The Morgan fingerprint density at radius 3 is 2.62 bits per heavy atom. The molecule has 1 aromatic heterocycles. The molecule has 3 aromatic rings. The SMILES string of the molecule is CCc1cnc2c(c1)C1SC(C(=O)N1c1ccccc1)c1ccccc1-2. The molecule has 2 aromatic carbocycles. The summed E-state index contributed by atoms with van der Waals surface area (Å²) in [5.41, 5.74) is 6.45. The third-order valence-corrected chi connectivity index (χ3v) is 6.59. The van der Waals surface area contributed by atoms with Crippen molar-refractivity contribution < 1.29 is 4.79 Å². The molecule has 1 amide bonds. The van der Waals surface area contributed by atoms with Crippen molar-refractivity contribution >= 4 is 23.4 Å². The number of hydrogen-bond acceptors (Lipinski definition) is 3. The zero-order valence-electron chi connectivity index (χ0n) is 14.4. The van der Waals surface area contributed by atoms with Crippen molar-refractivity contribution in [2.24, 2.45) is 0 Å². The minimum Gasteiger partial charge on any atom is -0.294 e. The minimum atomic E-state index is -0.185. The van der Waals surface area contributed by atoms with Crippen LogP contribution in [0.25, 0.3) is 11.3 Å². The number of aromatic nitrogens is 1. The van der Waals surface area contributed by atoms with Crippen molar-refractivity contribution in [1.29, 1.82) is 0 Å². The van der Waals surface area contributed by atoms with E-state index in [1.165, 1.54) is 5.56 Å². The van der Waals surface area contributed by atoms with Crippen LogP contribution in [-0.2, 0) is 11.2 Å². The molecule has 0 saturated carbocycles. The molecule has 0 N–H and O–H groups in total. The van der Waals surface area contributed by atoms with Crippen LogP contribution in [0, 0.1) is 0 Å². The fourth-order valence-electron chi connectivity index (χ4n) is 3.84. The molecule has 3 nitrogen and oxygen atoms in total. The van der Waals surface area contributed by atoms with Crippen molar-refractivity contribution in [3.63, 3.8) is 0 Å². The second-order valence-electron chi connectivity index (χ2n) is 6.63. The second-order valence-corrected chi connectivity index (χ2v) is 7.82. The first-order valence-electron chi connectivity index (χ1n) is 8.89. The Morgan fingerprint density at radius 2 is 1.81 bits per heavy atom. The van der Waals surface area contributed by atoms with Gasteiger partial charge in [0.25, 0.3) is 0 Å². The molecule has 0 spiro atoms. The second kappa shape index (κ2) is 5.99. The van der Waals surface area contributed by atoms with Crippen molar-refractivity contribution in [3.8, 4) is 11.3 Å². The number of rotatable bonds is 2. The predicted octanol–water partition coefficient (Wildman–Crippen LogP) is 5.14. The van der Waals surface area contributed by atoms with Crippen LogP contribution >= 0.6 is 11.8 Å². The third-order valence-electron chi connectivity index (χ3n) is 5.14. The highest BCUT2D eigenvalue weighted by Gasteiger charge is 2.46. The lowest BCUT2D eigenvalue weighted by Gasteiger charge is -2.27. The van der Waals surface area contributed by atoms with Gasteiger partial charge >= 0.3 is 0 Å². The first kappa shape index (κ1) is 15.6. The minimum absolute atomic E-state index is 0.0451. The van der Waals surface area contributed by atoms with Crippen LogP contribution in [-0.4, -0.2) is 10.9 Å². The van der Waals surface area contributed by atoms with Gasteiger partial charge in [0.1, 0.15) is 10.6 Å². The highest BCUT2D eigenvalue weighted by atomic mass is 32.2. The van der Waals surface area contributed by atoms with E-state index in [1.807, 2.05) is 53.6 Å². The average Bonchev–Trinajstić information content (AvgIpc) is 2.97. The van der Waals surface area contributed by atoms with Crippen LogP contribution in [0.5, 0.6) is 0 Å². The van der Waals surface area contributed by atoms with Crippen LogP contribution in [0.4, 0.5) is 5.69 Å². The van der Waals surface area contributed by atoms with Gasteiger partial charge in [-0.05, 0) is 35.7 Å². The average molecular weight is 358 g/mol. The van der Waals surface area contributed by atoms with Gasteiger partial charge in [-0.2, -0.15) is 0 Å². The van der Waals surface area contributed by atoms with Gasteiger partial charge in [0, 0.05) is 23.0 Å². The number of anilines is 1. The standard InChI is InChI=1S/C22H18N2OS/c1-2-14-12-18-19(23-13-14)16-10-6-7-11-17(16)20-21(25)24(22(18)26-20)15-8-4-3-5-9-15/h3-13,20,22H,2H2,1H3. The highest BCUT2D eigenvalue weighted by molar-refractivity contribution is 8.01. The third kappa shape index (κ3) is 2.22. The van der Waals surface area contributed by atoms with Crippen LogP contribution < -0.4 is 4.90 Å². The van der Waals surface area contributed by atoms with Crippen LogP contribution in [0.1, 0.15) is 34.2 Å². The van der Waals surface area contributed by atoms with E-state index in [2.05, 4.69) is 25.1 Å². The molecule has 0 radical (unpaired) electrons. The molecule has 2 unspecified atom stereocenters. The summed E-state index contributed by atoms with van der Waals surface area (Å²) in [7, 11) is 0. The summed E-state index contributed by atoms with van der Waals surface area (Å²) < 4.78 is 0. The summed E-state index contributed by atoms with van der Waals surface area (Å²) in [4.78, 5) is 20.1. The number of pyridine rings is 1. The molecule has 5 rings (SSSR count). The fraction of sp³-hybridized carbons (Fsp3) is 0.182. The van der Waals surface area contributed by atoms with E-state index in [-0.39, 0.29) is 16.5 Å². The quantitative estimate of drug-likeness (QED) is 0.635. The van der Waals surface area contributed by atoms with Crippen molar-refractivity contribution in [1.82, 2.24) is 4.98 Å². The number of hydrogen-bond donors (Lipinski definition) is 0. The molecule has 2 aliphatic rings. The van der Waals surface area contributed by atoms with Crippen LogP contribution in [0.2, 0.25) is 0 Å². The van der Waals surface area contributed by atoms with Crippen molar-refractivity contribution in [3.05, 3.63) is 83.6 Å². The van der Waals surface area contributed by atoms with Gasteiger partial charge in [-0.1, -0.05) is 49.4 Å². The smallest absolute Gasteiger partial charge is 0.245 e. The van der Waals surface area contributed by atoms with E-state index < -0.39 is 0 Å². The largest absolute Gasteiger partial charge is 0.294 e. The lowest BCUT2D eigenvalue weighted by atomic mass is 9.94. The molecule has 26 heavy (non-hydrogen) atoms. The Hall–Kier alpha value is -2.59. The van der Waals surface area contributed by atoms with E-state index in [1.54, 1.807) is 11.8 Å². The van der Waals surface area contributed by atoms with E-state index in [0.717, 1.165) is 34.5 Å². The van der Waals surface area contributed by atoms with Gasteiger partial charge in [0.05, 0.1) is 5.69 Å². The van der Waals surface area contributed by atoms with Crippen LogP contribution in [0.15, 0.2) is 66.9 Å². The Balaban J connectivity index is 1.77. The number of benzene rings is 2. The number of fused-ring (bicyclic) bond motifs is 7. The lowest BCUT2D eigenvalue weighted by Crippen LogP contribution is -2.30. The molecule has 2 aliphatic heterocycles. The predicted molar refractivity (Wildman–Crippen MR) is 106 cm³/mol. The topological polar surface area (TPSA) is 33.2 Å². The van der Waals surface area contributed by atoms with Gasteiger partial charge < -0.3 is 0 Å². The molecule has 3 heterocycles. The first-order valence-corrected chi connectivity index (χ1v) is 9.84. The zero-order chi connectivity index (χ0) is 17.7. The molecular formula is C22H18N2OS. The summed E-state index contributed by atoms with van der Waals surface area (Å²) >= 11 is 1.73. The zero-order valence-corrected chi connectivity index (χ0v) is 15.2. The maximum absolute atomic E-state index is 13.4. The Kier molecular flexibility index (Phi) is 3.61. The first-order chi connectivity index (χ1) is 12.8.